The quantitative estimate of drug-likeness (QED) is 0.777. The van der Waals surface area contributed by atoms with Crippen molar-refractivity contribution in [1.82, 2.24) is 9.97 Å². The number of imidazole rings is 1. The summed E-state index contributed by atoms with van der Waals surface area (Å²) in [7, 11) is 0. The van der Waals surface area contributed by atoms with Crippen LogP contribution in [0.3, 0.4) is 0 Å². The minimum atomic E-state index is -1.19. The van der Waals surface area contributed by atoms with Gasteiger partial charge in [-0.3, -0.25) is 0 Å². The Morgan fingerprint density at radius 3 is 2.58 bits per heavy atom. The SMILES string of the molecule is O=C([O-])c1ccc(-c2nc3ccc(Cl)cc3[nH]2)cc1. The van der Waals surface area contributed by atoms with Crippen LogP contribution in [-0.2, 0) is 0 Å². The number of carboxylic acids is 1. The van der Waals surface area contributed by atoms with Gasteiger partial charge in [-0.15, -0.1) is 0 Å². The predicted molar refractivity (Wildman–Crippen MR) is 70.9 cm³/mol. The van der Waals surface area contributed by atoms with Crippen molar-refractivity contribution >= 4 is 28.6 Å². The van der Waals surface area contributed by atoms with Gasteiger partial charge in [0.15, 0.2) is 0 Å². The van der Waals surface area contributed by atoms with E-state index in [9.17, 15) is 9.90 Å². The summed E-state index contributed by atoms with van der Waals surface area (Å²) >= 11 is 5.91. The molecule has 1 heterocycles. The fourth-order valence-corrected chi connectivity index (χ4v) is 2.05. The van der Waals surface area contributed by atoms with Gasteiger partial charge in [0.05, 0.1) is 17.0 Å². The molecule has 4 nitrogen and oxygen atoms in total. The zero-order chi connectivity index (χ0) is 13.4. The lowest BCUT2D eigenvalue weighted by Gasteiger charge is -2.02. The molecule has 0 fully saturated rings. The zero-order valence-corrected chi connectivity index (χ0v) is 10.4. The van der Waals surface area contributed by atoms with Crippen LogP contribution in [0.15, 0.2) is 42.5 Å². The fraction of sp³-hybridized carbons (Fsp3) is 0. The van der Waals surface area contributed by atoms with E-state index >= 15 is 0 Å². The van der Waals surface area contributed by atoms with E-state index in [4.69, 9.17) is 11.6 Å². The third kappa shape index (κ3) is 2.18. The van der Waals surface area contributed by atoms with Gasteiger partial charge >= 0.3 is 0 Å². The van der Waals surface area contributed by atoms with Crippen LogP contribution in [-0.4, -0.2) is 15.9 Å². The highest BCUT2D eigenvalue weighted by atomic mass is 35.5. The van der Waals surface area contributed by atoms with Crippen molar-refractivity contribution in [3.63, 3.8) is 0 Å². The van der Waals surface area contributed by atoms with Crippen molar-refractivity contribution < 1.29 is 9.90 Å². The number of fused-ring (bicyclic) bond motifs is 1. The first-order valence-electron chi connectivity index (χ1n) is 5.60. The van der Waals surface area contributed by atoms with E-state index in [1.54, 1.807) is 24.3 Å². The Morgan fingerprint density at radius 1 is 1.16 bits per heavy atom. The molecule has 0 unspecified atom stereocenters. The largest absolute Gasteiger partial charge is 0.545 e. The predicted octanol–water partition coefficient (Wildman–Crippen LogP) is 2.25. The third-order valence-corrected chi connectivity index (χ3v) is 3.07. The van der Waals surface area contributed by atoms with Crippen molar-refractivity contribution in [2.45, 2.75) is 0 Å². The Labute approximate surface area is 113 Å². The lowest BCUT2D eigenvalue weighted by atomic mass is 10.1. The van der Waals surface area contributed by atoms with Crippen LogP contribution >= 0.6 is 11.6 Å². The van der Waals surface area contributed by atoms with Crippen molar-refractivity contribution in [3.8, 4) is 11.4 Å². The standard InChI is InChI=1S/C14H9ClN2O2/c15-10-5-6-11-12(7-10)17-13(16-11)8-1-3-9(4-2-8)14(18)19/h1-7H,(H,16,17)(H,18,19)/p-1. The summed E-state index contributed by atoms with van der Waals surface area (Å²) < 4.78 is 0. The van der Waals surface area contributed by atoms with Gasteiger partial charge in [-0.25, -0.2) is 4.98 Å². The Kier molecular flexibility index (Phi) is 2.72. The number of benzene rings is 2. The van der Waals surface area contributed by atoms with Gasteiger partial charge in [-0.05, 0) is 23.8 Å². The van der Waals surface area contributed by atoms with E-state index in [-0.39, 0.29) is 5.56 Å². The monoisotopic (exact) mass is 271 g/mol. The van der Waals surface area contributed by atoms with Crippen molar-refractivity contribution in [2.75, 3.05) is 0 Å². The first-order chi connectivity index (χ1) is 9.13. The maximum absolute atomic E-state index is 10.7. The number of carboxylic acid groups (broad SMARTS) is 1. The summed E-state index contributed by atoms with van der Waals surface area (Å²) in [5.41, 5.74) is 2.59. The number of carbonyl (C=O) groups excluding carboxylic acids is 1. The molecular formula is C14H8ClN2O2-. The van der Waals surface area contributed by atoms with Crippen LogP contribution < -0.4 is 5.11 Å². The van der Waals surface area contributed by atoms with Crippen LogP contribution in [0.5, 0.6) is 0 Å². The Bertz CT molecular complexity index is 763. The fourth-order valence-electron chi connectivity index (χ4n) is 1.88. The Morgan fingerprint density at radius 2 is 1.89 bits per heavy atom. The van der Waals surface area contributed by atoms with Crippen LogP contribution in [0.1, 0.15) is 10.4 Å². The van der Waals surface area contributed by atoms with Gasteiger partial charge in [0.1, 0.15) is 5.82 Å². The molecule has 3 rings (SSSR count). The maximum Gasteiger partial charge on any atom is 0.138 e. The van der Waals surface area contributed by atoms with Crippen LogP contribution in [0.4, 0.5) is 0 Å². The molecule has 0 atom stereocenters. The third-order valence-electron chi connectivity index (χ3n) is 2.84. The smallest absolute Gasteiger partial charge is 0.138 e. The Hall–Kier alpha value is -2.33. The van der Waals surface area contributed by atoms with E-state index in [1.807, 2.05) is 6.07 Å². The van der Waals surface area contributed by atoms with Crippen molar-refractivity contribution in [3.05, 3.63) is 53.1 Å². The van der Waals surface area contributed by atoms with E-state index in [2.05, 4.69) is 9.97 Å². The first kappa shape index (κ1) is 11.7. The molecular weight excluding hydrogens is 264 g/mol. The highest BCUT2D eigenvalue weighted by molar-refractivity contribution is 6.31. The van der Waals surface area contributed by atoms with Crippen LogP contribution in [0, 0.1) is 0 Å². The van der Waals surface area contributed by atoms with E-state index < -0.39 is 5.97 Å². The summed E-state index contributed by atoms with van der Waals surface area (Å²) in [6.45, 7) is 0. The molecule has 0 amide bonds. The molecule has 5 heteroatoms. The van der Waals surface area contributed by atoms with Gasteiger partial charge < -0.3 is 14.9 Å². The molecule has 0 spiro atoms. The van der Waals surface area contributed by atoms with Crippen molar-refractivity contribution in [2.24, 2.45) is 0 Å². The normalized spacial score (nSPS) is 10.8. The number of H-pyrrole nitrogens is 1. The topological polar surface area (TPSA) is 68.8 Å². The summed E-state index contributed by atoms with van der Waals surface area (Å²) in [4.78, 5) is 18.2. The van der Waals surface area contributed by atoms with Crippen LogP contribution in [0.25, 0.3) is 22.4 Å². The highest BCUT2D eigenvalue weighted by Gasteiger charge is 2.05. The maximum atomic E-state index is 10.7. The summed E-state index contributed by atoms with van der Waals surface area (Å²) in [6, 6.07) is 11.7. The number of hydrogen-bond donors (Lipinski definition) is 1. The molecule has 3 aromatic rings. The molecule has 1 aromatic heterocycles. The molecule has 1 N–H and O–H groups in total. The number of carbonyl (C=O) groups is 1. The first-order valence-corrected chi connectivity index (χ1v) is 5.98. The van der Waals surface area contributed by atoms with E-state index in [0.717, 1.165) is 16.6 Å². The van der Waals surface area contributed by atoms with Gasteiger partial charge in [-0.1, -0.05) is 35.9 Å². The zero-order valence-electron chi connectivity index (χ0n) is 9.68. The number of nitrogens with zero attached hydrogens (tertiary/aromatic N) is 1. The molecule has 0 saturated carbocycles. The number of aromatic amines is 1. The number of halogens is 1. The lowest BCUT2D eigenvalue weighted by Crippen LogP contribution is -2.21. The molecule has 2 aromatic carbocycles. The molecule has 0 aliphatic rings. The molecule has 0 aliphatic heterocycles. The number of aromatic carboxylic acids is 1. The number of nitrogens with one attached hydrogen (secondary N) is 1. The van der Waals surface area contributed by atoms with Crippen LogP contribution in [0.2, 0.25) is 5.02 Å². The van der Waals surface area contributed by atoms with E-state index in [0.29, 0.717) is 10.8 Å². The van der Waals surface area contributed by atoms with Gasteiger partial charge in [0, 0.05) is 10.6 Å². The average molecular weight is 272 g/mol. The Balaban J connectivity index is 2.06. The molecule has 0 saturated heterocycles. The van der Waals surface area contributed by atoms with E-state index in [1.165, 1.54) is 12.1 Å². The highest BCUT2D eigenvalue weighted by Crippen LogP contribution is 2.23. The second-order valence-corrected chi connectivity index (χ2v) is 4.55. The second kappa shape index (κ2) is 4.40. The second-order valence-electron chi connectivity index (χ2n) is 4.11. The lowest BCUT2D eigenvalue weighted by molar-refractivity contribution is -0.255. The molecule has 19 heavy (non-hydrogen) atoms. The average Bonchev–Trinajstić information content (AvgIpc) is 2.81. The van der Waals surface area contributed by atoms with Crippen molar-refractivity contribution in [1.29, 1.82) is 0 Å². The molecule has 94 valence electrons. The summed E-state index contributed by atoms with van der Waals surface area (Å²) in [6.07, 6.45) is 0. The molecule has 0 bridgehead atoms. The minimum absolute atomic E-state index is 0.142. The minimum Gasteiger partial charge on any atom is -0.545 e. The van der Waals surface area contributed by atoms with Gasteiger partial charge in [0.2, 0.25) is 0 Å². The number of aromatic nitrogens is 2. The van der Waals surface area contributed by atoms with Gasteiger partial charge in [-0.2, -0.15) is 0 Å². The number of rotatable bonds is 2. The number of hydrogen-bond acceptors (Lipinski definition) is 3. The molecule has 0 radical (unpaired) electrons. The molecule has 0 aliphatic carbocycles. The van der Waals surface area contributed by atoms with Gasteiger partial charge in [0.25, 0.3) is 0 Å². The summed E-state index contributed by atoms with van der Waals surface area (Å²) in [5.74, 6) is -0.523. The summed E-state index contributed by atoms with van der Waals surface area (Å²) in [5, 5.41) is 11.3.